The molecule has 0 spiro atoms. The molecule has 1 aliphatic rings. The summed E-state index contributed by atoms with van der Waals surface area (Å²) in [5.41, 5.74) is 2.15. The Hall–Kier alpha value is -2.09. The Morgan fingerprint density at radius 1 is 1.29 bits per heavy atom. The first-order chi connectivity index (χ1) is 11.3. The zero-order valence-corrected chi connectivity index (χ0v) is 14.3. The molecule has 0 aromatic heterocycles. The van der Waals surface area contributed by atoms with E-state index in [1.54, 1.807) is 4.90 Å². The highest BCUT2D eigenvalue weighted by Gasteiger charge is 2.31. The van der Waals surface area contributed by atoms with Gasteiger partial charge in [-0.3, -0.25) is 14.1 Å². The molecule has 24 heavy (non-hydrogen) atoms. The van der Waals surface area contributed by atoms with Gasteiger partial charge < -0.3 is 4.90 Å². The molecule has 1 atom stereocenters. The van der Waals surface area contributed by atoms with E-state index in [2.05, 4.69) is 0 Å². The maximum atomic E-state index is 12.9. The van der Waals surface area contributed by atoms with Crippen molar-refractivity contribution in [1.82, 2.24) is 0 Å². The Morgan fingerprint density at radius 3 is 2.71 bits per heavy atom. The van der Waals surface area contributed by atoms with E-state index in [1.165, 1.54) is 18.2 Å². The number of halogens is 1. The molecule has 1 unspecified atom stereocenters. The van der Waals surface area contributed by atoms with E-state index < -0.39 is 10.3 Å². The van der Waals surface area contributed by atoms with E-state index in [9.17, 15) is 13.2 Å². The summed E-state index contributed by atoms with van der Waals surface area (Å²) in [5.74, 6) is -0.262. The molecule has 1 amide bonds. The molecule has 1 heterocycles. The third-order valence-corrected chi connectivity index (χ3v) is 4.69. The molecule has 0 radical (unpaired) electrons. The molecule has 8 heteroatoms. The Labute approximate surface area is 144 Å². The molecule has 0 bridgehead atoms. The topological polar surface area (TPSA) is 86.7 Å². The number of rotatable bonds is 3. The number of nitrogens with one attached hydrogen (secondary N) is 1. The maximum absolute atomic E-state index is 12.9. The van der Waals surface area contributed by atoms with Crippen LogP contribution >= 0.6 is 11.6 Å². The first-order valence-corrected chi connectivity index (χ1v) is 9.04. The zero-order valence-electron chi connectivity index (χ0n) is 12.7. The van der Waals surface area contributed by atoms with E-state index >= 15 is 0 Å². The van der Waals surface area contributed by atoms with Gasteiger partial charge in [0.15, 0.2) is 0 Å². The average Bonchev–Trinajstić information content (AvgIpc) is 2.83. The van der Waals surface area contributed by atoms with Crippen LogP contribution < -0.4 is 9.62 Å². The highest BCUT2D eigenvalue weighted by Crippen LogP contribution is 2.34. The van der Waals surface area contributed by atoms with Gasteiger partial charge in [-0.15, -0.1) is 0 Å². The fraction of sp³-hybridized carbons (Fsp3) is 0.188. The summed E-state index contributed by atoms with van der Waals surface area (Å²) in [6, 6.07) is 11.9. The summed E-state index contributed by atoms with van der Waals surface area (Å²) in [5, 5.41) is 0.0824. The normalized spacial score (nSPS) is 16.8. The third-order valence-electron chi connectivity index (χ3n) is 3.88. The van der Waals surface area contributed by atoms with Crippen molar-refractivity contribution in [3.8, 4) is 0 Å². The average molecular weight is 367 g/mol. The monoisotopic (exact) mass is 366 g/mol. The fourth-order valence-electron chi connectivity index (χ4n) is 2.89. The van der Waals surface area contributed by atoms with Crippen molar-refractivity contribution in [1.29, 1.82) is 0 Å². The molecule has 0 saturated carbocycles. The van der Waals surface area contributed by atoms with Crippen LogP contribution in [0.15, 0.2) is 42.5 Å². The van der Waals surface area contributed by atoms with Crippen LogP contribution in [0.1, 0.15) is 22.8 Å². The largest absolute Gasteiger partial charge is 0.357 e. The minimum Gasteiger partial charge on any atom is -0.305 e. The first kappa shape index (κ1) is 16.8. The van der Waals surface area contributed by atoms with Crippen molar-refractivity contribution >= 4 is 39.2 Å². The summed E-state index contributed by atoms with van der Waals surface area (Å²) >= 11 is 5.91. The molecule has 0 aliphatic carbocycles. The number of fused-ring (bicyclic) bond motifs is 1. The molecule has 126 valence electrons. The second-order valence-electron chi connectivity index (χ2n) is 5.63. The predicted molar refractivity (Wildman–Crippen MR) is 93.0 cm³/mol. The third kappa shape index (κ3) is 3.24. The highest BCUT2D eigenvalue weighted by molar-refractivity contribution is 7.87. The SMILES string of the molecule is CC1Cc2ccccc2N1C(=O)c1ccc(Cl)c(NS(=O)(=O)O)c1. The van der Waals surface area contributed by atoms with Crippen LogP contribution in [0.4, 0.5) is 11.4 Å². The molecule has 0 saturated heterocycles. The Balaban J connectivity index is 1.98. The molecule has 0 fully saturated rings. The number of para-hydroxylation sites is 1. The number of carbonyl (C=O) groups excluding carboxylic acids is 1. The van der Waals surface area contributed by atoms with Crippen molar-refractivity contribution in [3.05, 3.63) is 58.6 Å². The summed E-state index contributed by atoms with van der Waals surface area (Å²) in [6.07, 6.45) is 0.756. The van der Waals surface area contributed by atoms with Gasteiger partial charge in [-0.2, -0.15) is 8.42 Å². The van der Waals surface area contributed by atoms with Crippen molar-refractivity contribution < 1.29 is 17.8 Å². The van der Waals surface area contributed by atoms with E-state index in [4.69, 9.17) is 16.2 Å². The summed E-state index contributed by atoms with van der Waals surface area (Å²) in [7, 11) is -4.48. The Kier molecular flexibility index (Phi) is 4.25. The second kappa shape index (κ2) is 6.08. The van der Waals surface area contributed by atoms with Gasteiger partial charge in [0, 0.05) is 17.3 Å². The first-order valence-electron chi connectivity index (χ1n) is 7.22. The lowest BCUT2D eigenvalue weighted by Crippen LogP contribution is -2.35. The van der Waals surface area contributed by atoms with E-state index in [0.29, 0.717) is 0 Å². The van der Waals surface area contributed by atoms with Gasteiger partial charge >= 0.3 is 10.3 Å². The van der Waals surface area contributed by atoms with Gasteiger partial charge in [0.2, 0.25) is 0 Å². The van der Waals surface area contributed by atoms with E-state index in [0.717, 1.165) is 17.7 Å². The predicted octanol–water partition coefficient (Wildman–Crippen LogP) is 3.15. The van der Waals surface area contributed by atoms with Crippen LogP contribution in [0.25, 0.3) is 0 Å². The molecule has 1 aliphatic heterocycles. The van der Waals surface area contributed by atoms with Crippen molar-refractivity contribution in [2.45, 2.75) is 19.4 Å². The Bertz CT molecular complexity index is 914. The minimum absolute atomic E-state index is 0.0106. The molecular formula is C16H15ClN2O4S. The van der Waals surface area contributed by atoms with E-state index in [-0.39, 0.29) is 28.2 Å². The zero-order chi connectivity index (χ0) is 17.5. The summed E-state index contributed by atoms with van der Waals surface area (Å²) in [6.45, 7) is 1.95. The van der Waals surface area contributed by atoms with Crippen molar-refractivity contribution in [2.24, 2.45) is 0 Å². The lowest BCUT2D eigenvalue weighted by molar-refractivity contribution is 0.0981. The molecule has 2 N–H and O–H groups in total. The highest BCUT2D eigenvalue weighted by atomic mass is 35.5. The molecular weight excluding hydrogens is 352 g/mol. The maximum Gasteiger partial charge on any atom is 0.357 e. The molecule has 3 rings (SSSR count). The van der Waals surface area contributed by atoms with Gasteiger partial charge in [0.1, 0.15) is 0 Å². The molecule has 2 aromatic carbocycles. The van der Waals surface area contributed by atoms with Crippen LogP contribution in [0.2, 0.25) is 5.02 Å². The smallest absolute Gasteiger partial charge is 0.305 e. The number of carbonyl (C=O) groups is 1. The summed E-state index contributed by atoms with van der Waals surface area (Å²) < 4.78 is 32.8. The van der Waals surface area contributed by atoms with Gasteiger partial charge in [-0.05, 0) is 43.2 Å². The quantitative estimate of drug-likeness (QED) is 0.817. The van der Waals surface area contributed by atoms with Crippen LogP contribution in [0, 0.1) is 0 Å². The number of benzene rings is 2. The standard InChI is InChI=1S/C16H15ClN2O4S/c1-10-8-11-4-2-3-5-15(11)19(10)16(20)12-6-7-13(17)14(9-12)18-24(21,22)23/h2-7,9-10,18H,8H2,1H3,(H,21,22,23). The Morgan fingerprint density at radius 2 is 2.00 bits per heavy atom. The van der Waals surface area contributed by atoms with E-state index in [1.807, 2.05) is 35.9 Å². The van der Waals surface area contributed by atoms with Gasteiger partial charge in [0.25, 0.3) is 5.91 Å². The van der Waals surface area contributed by atoms with Gasteiger partial charge in [0.05, 0.1) is 10.7 Å². The van der Waals surface area contributed by atoms with Crippen LogP contribution in [0.5, 0.6) is 0 Å². The van der Waals surface area contributed by atoms with Crippen LogP contribution in [0.3, 0.4) is 0 Å². The minimum atomic E-state index is -4.48. The number of nitrogens with zero attached hydrogens (tertiary/aromatic N) is 1. The van der Waals surface area contributed by atoms with Crippen molar-refractivity contribution in [2.75, 3.05) is 9.62 Å². The number of hydrogen-bond acceptors (Lipinski definition) is 3. The lowest BCUT2D eigenvalue weighted by Gasteiger charge is -2.23. The van der Waals surface area contributed by atoms with Crippen molar-refractivity contribution in [3.63, 3.8) is 0 Å². The lowest BCUT2D eigenvalue weighted by atomic mass is 10.1. The van der Waals surface area contributed by atoms with Crippen LogP contribution in [-0.4, -0.2) is 24.9 Å². The van der Waals surface area contributed by atoms with Crippen LogP contribution in [-0.2, 0) is 16.7 Å². The van der Waals surface area contributed by atoms with Gasteiger partial charge in [-0.25, -0.2) is 0 Å². The number of anilines is 2. The molecule has 2 aromatic rings. The fourth-order valence-corrected chi connectivity index (χ4v) is 3.56. The number of amides is 1. The second-order valence-corrected chi connectivity index (χ2v) is 7.19. The number of hydrogen-bond donors (Lipinski definition) is 2. The van der Waals surface area contributed by atoms with Gasteiger partial charge in [-0.1, -0.05) is 29.8 Å². The summed E-state index contributed by atoms with van der Waals surface area (Å²) in [4.78, 5) is 14.6. The molecule has 6 nitrogen and oxygen atoms in total.